The van der Waals surface area contributed by atoms with Gasteiger partial charge in [-0.15, -0.1) is 0 Å². The second kappa shape index (κ2) is 8.51. The fourth-order valence-electron chi connectivity index (χ4n) is 3.02. The minimum atomic E-state index is -0.800. The van der Waals surface area contributed by atoms with Crippen molar-refractivity contribution in [3.8, 4) is 0 Å². The molecule has 1 aliphatic carbocycles. The van der Waals surface area contributed by atoms with Gasteiger partial charge in [0.2, 0.25) is 0 Å². The molecule has 0 aliphatic heterocycles. The van der Waals surface area contributed by atoms with Gasteiger partial charge in [-0.3, -0.25) is 14.9 Å². The molecule has 2 N–H and O–H groups in total. The Morgan fingerprint density at radius 1 is 1.21 bits per heavy atom. The molecule has 0 saturated heterocycles. The summed E-state index contributed by atoms with van der Waals surface area (Å²) in [6.07, 6.45) is 2.08. The number of non-ortho nitro benzene ring substituents is 1. The van der Waals surface area contributed by atoms with Crippen LogP contribution in [0.3, 0.4) is 0 Å². The average Bonchev–Trinajstić information content (AvgIpc) is 3.55. The van der Waals surface area contributed by atoms with Gasteiger partial charge < -0.3 is 15.4 Å². The van der Waals surface area contributed by atoms with E-state index in [-0.39, 0.29) is 17.3 Å². The lowest BCUT2D eigenvalue weighted by Crippen LogP contribution is -2.33. The number of nitrogens with one attached hydrogen (secondary N) is 2. The van der Waals surface area contributed by atoms with Crippen molar-refractivity contribution in [2.75, 3.05) is 19.0 Å². The Kier molecular flexibility index (Phi) is 5.88. The lowest BCUT2D eigenvalue weighted by atomic mass is 10.0. The van der Waals surface area contributed by atoms with E-state index in [2.05, 4.69) is 10.6 Å². The van der Waals surface area contributed by atoms with Gasteiger partial charge in [0.25, 0.3) is 11.6 Å². The molecule has 1 saturated carbocycles. The Morgan fingerprint density at radius 2 is 1.93 bits per heavy atom. The van der Waals surface area contributed by atoms with Crippen molar-refractivity contribution in [3.63, 3.8) is 0 Å². The van der Waals surface area contributed by atoms with Crippen LogP contribution < -0.4 is 10.6 Å². The summed E-state index contributed by atoms with van der Waals surface area (Å²) in [4.78, 5) is 35.0. The Hall–Kier alpha value is -3.42. The summed E-state index contributed by atoms with van der Waals surface area (Å²) in [5.74, 6) is -0.828. The number of ether oxygens (including phenoxy) is 1. The number of hydrogen-bond acceptors (Lipinski definition) is 6. The van der Waals surface area contributed by atoms with Gasteiger partial charge in [-0.05, 0) is 30.4 Å². The molecule has 2 aromatic rings. The molecule has 8 nitrogen and oxygen atoms in total. The molecule has 1 amide bonds. The maximum Gasteiger partial charge on any atom is 0.341 e. The fraction of sp³-hybridized carbons (Fsp3) is 0.300. The zero-order chi connectivity index (χ0) is 20.1. The van der Waals surface area contributed by atoms with Crippen molar-refractivity contribution in [1.29, 1.82) is 0 Å². The van der Waals surface area contributed by atoms with Crippen LogP contribution >= 0.6 is 0 Å². The van der Waals surface area contributed by atoms with Crippen LogP contribution in [0.4, 0.5) is 11.4 Å². The number of esters is 1. The second-order valence-electron chi connectivity index (χ2n) is 6.61. The fourth-order valence-corrected chi connectivity index (χ4v) is 3.02. The van der Waals surface area contributed by atoms with Gasteiger partial charge in [-0.2, -0.15) is 0 Å². The van der Waals surface area contributed by atoms with Crippen molar-refractivity contribution >= 4 is 23.3 Å². The first-order valence-electron chi connectivity index (χ1n) is 8.97. The van der Waals surface area contributed by atoms with Crippen LogP contribution in [0.5, 0.6) is 0 Å². The van der Waals surface area contributed by atoms with Crippen molar-refractivity contribution in [1.82, 2.24) is 5.32 Å². The van der Waals surface area contributed by atoms with E-state index in [1.807, 2.05) is 30.3 Å². The van der Waals surface area contributed by atoms with Crippen LogP contribution in [-0.4, -0.2) is 30.5 Å². The Bertz CT molecular complexity index is 881. The van der Waals surface area contributed by atoms with Crippen molar-refractivity contribution in [2.24, 2.45) is 5.92 Å². The lowest BCUT2D eigenvalue weighted by molar-refractivity contribution is -0.384. The molecule has 1 atom stereocenters. The van der Waals surface area contributed by atoms with Crippen LogP contribution in [0.1, 0.15) is 34.8 Å². The summed E-state index contributed by atoms with van der Waals surface area (Å²) in [5, 5.41) is 16.6. The van der Waals surface area contributed by atoms with Gasteiger partial charge in [0.05, 0.1) is 16.5 Å². The van der Waals surface area contributed by atoms with Gasteiger partial charge >= 0.3 is 5.97 Å². The summed E-state index contributed by atoms with van der Waals surface area (Å²) in [6, 6.07) is 13.4. The van der Waals surface area contributed by atoms with Crippen LogP contribution in [-0.2, 0) is 9.53 Å². The molecule has 0 heterocycles. The number of anilines is 1. The van der Waals surface area contributed by atoms with E-state index in [4.69, 9.17) is 4.74 Å². The molecule has 8 heteroatoms. The third kappa shape index (κ3) is 4.64. The van der Waals surface area contributed by atoms with E-state index in [1.165, 1.54) is 12.1 Å². The number of benzene rings is 2. The molecular formula is C20H21N3O5. The highest BCUT2D eigenvalue weighted by Gasteiger charge is 2.33. The maximum atomic E-state index is 12.3. The predicted molar refractivity (Wildman–Crippen MR) is 103 cm³/mol. The van der Waals surface area contributed by atoms with Crippen LogP contribution in [0, 0.1) is 16.0 Å². The molecule has 0 bridgehead atoms. The number of nitro benzene ring substituents is 1. The molecular weight excluding hydrogens is 362 g/mol. The predicted octanol–water partition coefficient (Wildman–Crippen LogP) is 3.06. The third-order valence-corrected chi connectivity index (χ3v) is 4.61. The number of carbonyl (C=O) groups excluding carboxylic acids is 2. The highest BCUT2D eigenvalue weighted by Crippen LogP contribution is 2.40. The number of carbonyl (C=O) groups is 2. The van der Waals surface area contributed by atoms with E-state index < -0.39 is 23.4 Å². The minimum Gasteiger partial charge on any atom is -0.452 e. The van der Waals surface area contributed by atoms with E-state index in [0.29, 0.717) is 11.6 Å². The molecule has 0 radical (unpaired) electrons. The summed E-state index contributed by atoms with van der Waals surface area (Å²) in [7, 11) is 1.59. The molecule has 1 unspecified atom stereocenters. The third-order valence-electron chi connectivity index (χ3n) is 4.61. The molecule has 0 spiro atoms. The molecule has 2 aromatic carbocycles. The van der Waals surface area contributed by atoms with Crippen molar-refractivity contribution < 1.29 is 19.2 Å². The molecule has 1 fully saturated rings. The molecule has 28 heavy (non-hydrogen) atoms. The molecule has 1 aliphatic rings. The van der Waals surface area contributed by atoms with Gasteiger partial charge in [-0.1, -0.05) is 30.3 Å². The average molecular weight is 383 g/mol. The molecule has 3 rings (SSSR count). The normalized spacial score (nSPS) is 14.0. The van der Waals surface area contributed by atoms with E-state index in [1.54, 1.807) is 7.05 Å². The standard InChI is InChI=1S/C20H21N3O5/c1-21-17-10-9-15(23(26)27)11-16(17)20(25)28-12-18(24)22-19(14-7-8-14)13-5-3-2-4-6-13/h2-6,9-11,14,19,21H,7-8,12H2,1H3,(H,22,24). The summed E-state index contributed by atoms with van der Waals surface area (Å²) in [6.45, 7) is -0.458. The van der Waals surface area contributed by atoms with Crippen molar-refractivity contribution in [2.45, 2.75) is 18.9 Å². The Labute approximate surface area is 162 Å². The first kappa shape index (κ1) is 19.3. The molecule has 0 aromatic heterocycles. The summed E-state index contributed by atoms with van der Waals surface area (Å²) >= 11 is 0. The van der Waals surface area contributed by atoms with Gasteiger partial charge in [0.15, 0.2) is 6.61 Å². The number of rotatable bonds is 8. The summed E-state index contributed by atoms with van der Waals surface area (Å²) < 4.78 is 5.09. The Morgan fingerprint density at radius 3 is 2.54 bits per heavy atom. The van der Waals surface area contributed by atoms with Crippen LogP contribution in [0.15, 0.2) is 48.5 Å². The smallest absolute Gasteiger partial charge is 0.341 e. The lowest BCUT2D eigenvalue weighted by Gasteiger charge is -2.19. The van der Waals surface area contributed by atoms with E-state index in [9.17, 15) is 19.7 Å². The van der Waals surface area contributed by atoms with E-state index >= 15 is 0 Å². The topological polar surface area (TPSA) is 111 Å². The van der Waals surface area contributed by atoms with Gasteiger partial charge in [0.1, 0.15) is 0 Å². The van der Waals surface area contributed by atoms with E-state index in [0.717, 1.165) is 24.5 Å². The number of amides is 1. The highest BCUT2D eigenvalue weighted by atomic mass is 16.6. The maximum absolute atomic E-state index is 12.3. The Balaban J connectivity index is 1.63. The monoisotopic (exact) mass is 383 g/mol. The van der Waals surface area contributed by atoms with Crippen LogP contribution in [0.2, 0.25) is 0 Å². The van der Waals surface area contributed by atoms with Gasteiger partial charge in [0, 0.05) is 24.9 Å². The zero-order valence-corrected chi connectivity index (χ0v) is 15.4. The summed E-state index contributed by atoms with van der Waals surface area (Å²) in [5.41, 5.74) is 1.18. The quantitative estimate of drug-likeness (QED) is 0.412. The zero-order valence-electron chi connectivity index (χ0n) is 15.4. The highest BCUT2D eigenvalue weighted by molar-refractivity contribution is 5.97. The number of nitrogens with zero attached hydrogens (tertiary/aromatic N) is 1. The first-order chi connectivity index (χ1) is 13.5. The SMILES string of the molecule is CNc1ccc([N+](=O)[O-])cc1C(=O)OCC(=O)NC(c1ccccc1)C1CC1. The second-order valence-corrected chi connectivity index (χ2v) is 6.61. The first-order valence-corrected chi connectivity index (χ1v) is 8.97. The largest absolute Gasteiger partial charge is 0.452 e. The number of nitro groups is 1. The van der Waals surface area contributed by atoms with Gasteiger partial charge in [-0.25, -0.2) is 4.79 Å². The number of hydrogen-bond donors (Lipinski definition) is 2. The van der Waals surface area contributed by atoms with Crippen LogP contribution in [0.25, 0.3) is 0 Å². The van der Waals surface area contributed by atoms with Crippen molar-refractivity contribution in [3.05, 3.63) is 69.8 Å². The minimum absolute atomic E-state index is 0.00584. The molecule has 146 valence electrons.